The molecule has 0 amide bonds. The van der Waals surface area contributed by atoms with Crippen LogP contribution in [0.1, 0.15) is 30.0 Å². The summed E-state index contributed by atoms with van der Waals surface area (Å²) in [5.74, 6) is 0.932. The molecule has 1 saturated heterocycles. The first-order chi connectivity index (χ1) is 11.2. The van der Waals surface area contributed by atoms with Crippen LogP contribution in [0, 0.1) is 0 Å². The fraction of sp³-hybridized carbons (Fsp3) is 0.400. The van der Waals surface area contributed by atoms with Crippen molar-refractivity contribution in [2.75, 3.05) is 25.1 Å². The molecule has 1 unspecified atom stereocenters. The van der Waals surface area contributed by atoms with Crippen LogP contribution in [0.5, 0.6) is 0 Å². The highest BCUT2D eigenvalue weighted by molar-refractivity contribution is 9.10. The molecule has 1 aliphatic heterocycles. The molecular weight excluding hydrogens is 376 g/mol. The lowest BCUT2D eigenvalue weighted by atomic mass is 9.96. The van der Waals surface area contributed by atoms with Crippen molar-refractivity contribution in [1.29, 1.82) is 0 Å². The zero-order valence-corrected chi connectivity index (χ0v) is 15.3. The van der Waals surface area contributed by atoms with Crippen molar-refractivity contribution in [3.8, 4) is 0 Å². The van der Waals surface area contributed by atoms with E-state index in [9.17, 15) is 0 Å². The first-order valence-electron chi connectivity index (χ1n) is 7.41. The van der Waals surface area contributed by atoms with Crippen LogP contribution in [0.25, 0.3) is 10.6 Å². The summed E-state index contributed by atoms with van der Waals surface area (Å²) in [5.41, 5.74) is 8.97. The molecule has 6 nitrogen and oxygen atoms in total. The maximum absolute atomic E-state index is 6.29. The normalized spacial score (nSPS) is 19.2. The average molecular weight is 395 g/mol. The van der Waals surface area contributed by atoms with Crippen LogP contribution in [-0.4, -0.2) is 40.7 Å². The quantitative estimate of drug-likeness (QED) is 0.779. The number of aliphatic imine (C=N–C) groups is 1. The van der Waals surface area contributed by atoms with Crippen LogP contribution in [0.4, 0.5) is 5.82 Å². The minimum Gasteiger partial charge on any atom is -0.383 e. The summed E-state index contributed by atoms with van der Waals surface area (Å²) in [6, 6.07) is 0. The second-order valence-electron chi connectivity index (χ2n) is 5.41. The molecular formula is C15H19BrN6S. The van der Waals surface area contributed by atoms with E-state index in [-0.39, 0.29) is 0 Å². The summed E-state index contributed by atoms with van der Waals surface area (Å²) in [4.78, 5) is 9.73. The molecule has 8 heteroatoms. The molecule has 0 bridgehead atoms. The lowest BCUT2D eigenvalue weighted by Gasteiger charge is -2.23. The molecule has 2 aromatic heterocycles. The van der Waals surface area contributed by atoms with E-state index in [1.54, 1.807) is 28.7 Å². The number of thioether (sulfide) groups is 1. The Bertz CT molecular complexity index is 763. The number of piperidine rings is 1. The zero-order valence-electron chi connectivity index (χ0n) is 12.9. The van der Waals surface area contributed by atoms with Gasteiger partial charge in [0, 0.05) is 23.6 Å². The third kappa shape index (κ3) is 3.02. The lowest BCUT2D eigenvalue weighted by Crippen LogP contribution is -2.29. The fourth-order valence-corrected chi connectivity index (χ4v) is 3.98. The Hall–Kier alpha value is -1.38. The number of nitrogens with zero attached hydrogens (tertiary/aromatic N) is 4. The van der Waals surface area contributed by atoms with Crippen molar-refractivity contribution in [2.45, 2.75) is 18.8 Å². The molecule has 122 valence electrons. The van der Waals surface area contributed by atoms with Gasteiger partial charge in [-0.1, -0.05) is 0 Å². The summed E-state index contributed by atoms with van der Waals surface area (Å²) < 4.78 is 2.51. The van der Waals surface area contributed by atoms with E-state index >= 15 is 0 Å². The van der Waals surface area contributed by atoms with Crippen molar-refractivity contribution in [1.82, 2.24) is 19.9 Å². The van der Waals surface area contributed by atoms with Crippen molar-refractivity contribution in [2.24, 2.45) is 4.99 Å². The number of halogens is 1. The molecule has 1 fully saturated rings. The van der Waals surface area contributed by atoms with E-state index in [0.717, 1.165) is 52.2 Å². The topological polar surface area (TPSA) is 80.6 Å². The number of rotatable bonds is 4. The van der Waals surface area contributed by atoms with Gasteiger partial charge in [0.15, 0.2) is 5.65 Å². The van der Waals surface area contributed by atoms with Crippen molar-refractivity contribution in [3.05, 3.63) is 28.1 Å². The number of nitrogens with two attached hydrogens (primary N) is 1. The maximum atomic E-state index is 6.29. The maximum Gasteiger partial charge on any atom is 0.166 e. The smallest absolute Gasteiger partial charge is 0.166 e. The third-order valence-corrected chi connectivity index (χ3v) is 5.60. The first kappa shape index (κ1) is 16.5. The molecule has 0 aliphatic carbocycles. The monoisotopic (exact) mass is 394 g/mol. The van der Waals surface area contributed by atoms with Crippen LogP contribution in [-0.2, 0) is 0 Å². The van der Waals surface area contributed by atoms with Gasteiger partial charge in [0.1, 0.15) is 5.82 Å². The predicted molar refractivity (Wildman–Crippen MR) is 101 cm³/mol. The van der Waals surface area contributed by atoms with Crippen LogP contribution in [0.15, 0.2) is 21.9 Å². The number of hydrogen-bond acceptors (Lipinski definition) is 6. The largest absolute Gasteiger partial charge is 0.383 e. The summed E-state index contributed by atoms with van der Waals surface area (Å²) in [6.45, 7) is 5.52. The number of anilines is 1. The predicted octanol–water partition coefficient (Wildman–Crippen LogP) is 2.90. The van der Waals surface area contributed by atoms with Gasteiger partial charge >= 0.3 is 0 Å². The average Bonchev–Trinajstić information content (AvgIpc) is 3.00. The minimum absolute atomic E-state index is 0.354. The Morgan fingerprint density at radius 2 is 2.48 bits per heavy atom. The third-order valence-electron chi connectivity index (χ3n) is 4.03. The second-order valence-corrected chi connectivity index (χ2v) is 7.05. The molecule has 3 rings (SSSR count). The SMILES string of the molecule is C=N/C=C(\SC)c1cnn2c(N)c(Br)c(C3CCCNC3)nc12. The van der Waals surface area contributed by atoms with Crippen LogP contribution >= 0.6 is 27.7 Å². The van der Waals surface area contributed by atoms with Crippen LogP contribution < -0.4 is 11.1 Å². The van der Waals surface area contributed by atoms with E-state index in [2.05, 4.69) is 38.1 Å². The Balaban J connectivity index is 2.17. The lowest BCUT2D eigenvalue weighted by molar-refractivity contribution is 0.453. The Morgan fingerprint density at radius 3 is 3.13 bits per heavy atom. The van der Waals surface area contributed by atoms with Gasteiger partial charge in [-0.2, -0.15) is 9.61 Å². The zero-order chi connectivity index (χ0) is 16.4. The highest BCUT2D eigenvalue weighted by Crippen LogP contribution is 2.35. The summed E-state index contributed by atoms with van der Waals surface area (Å²) in [7, 11) is 0. The molecule has 2 aromatic rings. The molecule has 23 heavy (non-hydrogen) atoms. The van der Waals surface area contributed by atoms with Gasteiger partial charge in [-0.15, -0.1) is 11.8 Å². The summed E-state index contributed by atoms with van der Waals surface area (Å²) in [5, 5.41) is 7.81. The number of nitrogen functional groups attached to an aromatic ring is 1. The fourth-order valence-electron chi connectivity index (χ4n) is 2.86. The van der Waals surface area contributed by atoms with Gasteiger partial charge in [-0.05, 0) is 48.3 Å². The van der Waals surface area contributed by atoms with Crippen molar-refractivity contribution in [3.63, 3.8) is 0 Å². The minimum atomic E-state index is 0.354. The molecule has 1 aliphatic rings. The summed E-state index contributed by atoms with van der Waals surface area (Å²) >= 11 is 5.19. The van der Waals surface area contributed by atoms with E-state index in [0.29, 0.717) is 11.7 Å². The Labute approximate surface area is 147 Å². The van der Waals surface area contributed by atoms with Crippen LogP contribution in [0.2, 0.25) is 0 Å². The molecule has 0 aromatic carbocycles. The van der Waals surface area contributed by atoms with Gasteiger partial charge in [-0.25, -0.2) is 4.98 Å². The number of fused-ring (bicyclic) bond motifs is 1. The van der Waals surface area contributed by atoms with E-state index < -0.39 is 0 Å². The summed E-state index contributed by atoms with van der Waals surface area (Å²) in [6.07, 6.45) is 7.75. The Morgan fingerprint density at radius 1 is 1.65 bits per heavy atom. The molecule has 3 N–H and O–H groups in total. The van der Waals surface area contributed by atoms with Gasteiger partial charge in [-0.3, -0.25) is 4.99 Å². The van der Waals surface area contributed by atoms with Gasteiger partial charge < -0.3 is 11.1 Å². The van der Waals surface area contributed by atoms with Crippen molar-refractivity contribution < 1.29 is 0 Å². The highest BCUT2D eigenvalue weighted by Gasteiger charge is 2.24. The number of nitrogens with one attached hydrogen (secondary N) is 1. The van der Waals surface area contributed by atoms with Gasteiger partial charge in [0.05, 0.1) is 21.9 Å². The number of aromatic nitrogens is 3. The Kier molecular flexibility index (Phi) is 5.03. The molecule has 1 atom stereocenters. The highest BCUT2D eigenvalue weighted by atomic mass is 79.9. The van der Waals surface area contributed by atoms with Crippen molar-refractivity contribution >= 4 is 50.8 Å². The molecule has 0 radical (unpaired) electrons. The first-order valence-corrected chi connectivity index (χ1v) is 9.42. The standard InChI is InChI=1S/C15H19BrN6S/c1-18-8-11(23-2)10-7-20-22-14(17)12(16)13(21-15(10)22)9-4-3-5-19-6-9/h7-9,19H,1,3-6,17H2,2H3/b11-8-. The van der Waals surface area contributed by atoms with E-state index in [1.807, 2.05) is 6.26 Å². The molecule has 0 saturated carbocycles. The number of hydrogen-bond donors (Lipinski definition) is 2. The van der Waals surface area contributed by atoms with E-state index in [1.165, 1.54) is 0 Å². The molecule has 0 spiro atoms. The van der Waals surface area contributed by atoms with Gasteiger partial charge in [0.2, 0.25) is 0 Å². The van der Waals surface area contributed by atoms with Crippen LogP contribution in [0.3, 0.4) is 0 Å². The molecule has 3 heterocycles. The second kappa shape index (κ2) is 7.02. The van der Waals surface area contributed by atoms with E-state index in [4.69, 9.17) is 10.7 Å². The van der Waals surface area contributed by atoms with Gasteiger partial charge in [0.25, 0.3) is 0 Å².